The van der Waals surface area contributed by atoms with Gasteiger partial charge in [0.05, 0.1) is 0 Å². The number of anilines is 2. The lowest BCUT2D eigenvalue weighted by Gasteiger charge is -2.09. The van der Waals surface area contributed by atoms with E-state index in [4.69, 9.17) is 28.2 Å². The van der Waals surface area contributed by atoms with Crippen LogP contribution in [0.2, 0.25) is 5.15 Å². The topological polar surface area (TPSA) is 127 Å². The van der Waals surface area contributed by atoms with Crippen molar-refractivity contribution < 1.29 is 9.90 Å². The zero-order valence-electron chi connectivity index (χ0n) is 9.06. The maximum Gasteiger partial charge on any atom is 0.320 e. The third-order valence-electron chi connectivity index (χ3n) is 2.14. The van der Waals surface area contributed by atoms with Crippen molar-refractivity contribution in [3.8, 4) is 0 Å². The van der Waals surface area contributed by atoms with Gasteiger partial charge in [-0.3, -0.25) is 4.79 Å². The minimum absolute atomic E-state index is 0.185. The first-order chi connectivity index (χ1) is 8.02. The van der Waals surface area contributed by atoms with Crippen molar-refractivity contribution in [2.45, 2.75) is 18.9 Å². The molecule has 0 aliphatic carbocycles. The van der Waals surface area contributed by atoms with Gasteiger partial charge in [0.1, 0.15) is 18.1 Å². The van der Waals surface area contributed by atoms with Crippen LogP contribution in [0.3, 0.4) is 0 Å². The van der Waals surface area contributed by atoms with E-state index in [0.29, 0.717) is 25.2 Å². The van der Waals surface area contributed by atoms with Crippen LogP contribution in [0.15, 0.2) is 6.33 Å². The standard InChI is InChI=1S/C9H14ClN5O2/c10-7-6(12)8(15-4-14-7)13-3-1-2-5(11)9(16)17/h4-5H,1-3,11-12H2,(H,16,17)(H,13,14,15). The second kappa shape index (κ2) is 6.21. The summed E-state index contributed by atoms with van der Waals surface area (Å²) < 4.78 is 0. The van der Waals surface area contributed by atoms with Crippen LogP contribution in [-0.2, 0) is 4.79 Å². The van der Waals surface area contributed by atoms with E-state index in [1.54, 1.807) is 0 Å². The number of carboxylic acid groups (broad SMARTS) is 1. The van der Waals surface area contributed by atoms with Crippen molar-refractivity contribution in [2.24, 2.45) is 5.73 Å². The molecule has 1 aromatic heterocycles. The summed E-state index contributed by atoms with van der Waals surface area (Å²) in [7, 11) is 0. The van der Waals surface area contributed by atoms with Gasteiger partial charge in [-0.2, -0.15) is 0 Å². The molecule has 7 nitrogen and oxygen atoms in total. The molecule has 1 unspecified atom stereocenters. The average molecular weight is 260 g/mol. The minimum Gasteiger partial charge on any atom is -0.480 e. The number of aromatic nitrogens is 2. The highest BCUT2D eigenvalue weighted by Crippen LogP contribution is 2.21. The highest BCUT2D eigenvalue weighted by Gasteiger charge is 2.10. The van der Waals surface area contributed by atoms with Crippen LogP contribution in [0.25, 0.3) is 0 Å². The zero-order chi connectivity index (χ0) is 12.8. The Hall–Kier alpha value is -1.60. The van der Waals surface area contributed by atoms with E-state index in [9.17, 15) is 4.79 Å². The van der Waals surface area contributed by atoms with Gasteiger partial charge in [-0.15, -0.1) is 0 Å². The third-order valence-corrected chi connectivity index (χ3v) is 2.44. The molecular formula is C9H14ClN5O2. The monoisotopic (exact) mass is 259 g/mol. The van der Waals surface area contributed by atoms with Gasteiger partial charge >= 0.3 is 5.97 Å². The second-order valence-corrected chi connectivity index (χ2v) is 3.80. The Morgan fingerprint density at radius 2 is 2.29 bits per heavy atom. The van der Waals surface area contributed by atoms with Gasteiger partial charge in [0.25, 0.3) is 0 Å². The number of halogens is 1. The number of nitrogens with zero attached hydrogens (tertiary/aromatic N) is 2. The molecule has 1 rings (SSSR count). The van der Waals surface area contributed by atoms with Crippen LogP contribution in [0.4, 0.5) is 11.5 Å². The smallest absolute Gasteiger partial charge is 0.320 e. The van der Waals surface area contributed by atoms with Crippen molar-refractivity contribution in [2.75, 3.05) is 17.6 Å². The Kier molecular flexibility index (Phi) is 4.92. The molecular weight excluding hydrogens is 246 g/mol. The number of hydrogen-bond acceptors (Lipinski definition) is 6. The highest BCUT2D eigenvalue weighted by atomic mass is 35.5. The molecule has 0 fully saturated rings. The molecule has 1 heterocycles. The van der Waals surface area contributed by atoms with Crippen LogP contribution in [0.1, 0.15) is 12.8 Å². The first kappa shape index (κ1) is 13.5. The Morgan fingerprint density at radius 1 is 1.59 bits per heavy atom. The summed E-state index contributed by atoms with van der Waals surface area (Å²) in [5.41, 5.74) is 11.3. The van der Waals surface area contributed by atoms with Gasteiger partial charge in [0, 0.05) is 6.54 Å². The van der Waals surface area contributed by atoms with Gasteiger partial charge < -0.3 is 21.9 Å². The van der Waals surface area contributed by atoms with Crippen LogP contribution >= 0.6 is 11.6 Å². The molecule has 17 heavy (non-hydrogen) atoms. The van der Waals surface area contributed by atoms with Crippen molar-refractivity contribution in [1.82, 2.24) is 9.97 Å². The fourth-order valence-electron chi connectivity index (χ4n) is 1.17. The van der Waals surface area contributed by atoms with Gasteiger partial charge in [0.15, 0.2) is 11.0 Å². The third kappa shape index (κ3) is 4.04. The summed E-state index contributed by atoms with van der Waals surface area (Å²) >= 11 is 5.70. The SMILES string of the molecule is Nc1c(Cl)ncnc1NCCCC(N)C(=O)O. The number of carboxylic acids is 1. The summed E-state index contributed by atoms with van der Waals surface area (Å²) in [5, 5.41) is 11.7. The Balaban J connectivity index is 2.36. The highest BCUT2D eigenvalue weighted by molar-refractivity contribution is 6.32. The van der Waals surface area contributed by atoms with Crippen molar-refractivity contribution in [3.05, 3.63) is 11.5 Å². The van der Waals surface area contributed by atoms with E-state index in [0.717, 1.165) is 0 Å². The Morgan fingerprint density at radius 3 is 2.94 bits per heavy atom. The summed E-state index contributed by atoms with van der Waals surface area (Å²) in [6.07, 6.45) is 2.26. The molecule has 0 saturated carbocycles. The Labute approximate surface area is 103 Å². The number of carbonyl (C=O) groups is 1. The zero-order valence-corrected chi connectivity index (χ0v) is 9.81. The van der Waals surface area contributed by atoms with Crippen molar-refractivity contribution in [1.29, 1.82) is 0 Å². The number of rotatable bonds is 6. The van der Waals surface area contributed by atoms with E-state index >= 15 is 0 Å². The molecule has 0 aliphatic heterocycles. The van der Waals surface area contributed by atoms with Crippen LogP contribution in [0.5, 0.6) is 0 Å². The summed E-state index contributed by atoms with van der Waals surface area (Å²) in [6.45, 7) is 0.512. The normalized spacial score (nSPS) is 12.1. The quantitative estimate of drug-likeness (QED) is 0.428. The van der Waals surface area contributed by atoms with E-state index in [2.05, 4.69) is 15.3 Å². The summed E-state index contributed by atoms with van der Waals surface area (Å²) in [5.74, 6) is -0.566. The number of nitrogens with two attached hydrogens (primary N) is 2. The summed E-state index contributed by atoms with van der Waals surface area (Å²) in [4.78, 5) is 18.1. The molecule has 94 valence electrons. The molecule has 0 amide bonds. The second-order valence-electron chi connectivity index (χ2n) is 3.44. The van der Waals surface area contributed by atoms with Crippen LogP contribution in [-0.4, -0.2) is 33.6 Å². The molecule has 8 heteroatoms. The van der Waals surface area contributed by atoms with Gasteiger partial charge in [-0.05, 0) is 12.8 Å². The van der Waals surface area contributed by atoms with E-state index in [1.807, 2.05) is 0 Å². The number of nitrogen functional groups attached to an aromatic ring is 1. The maximum absolute atomic E-state index is 10.5. The van der Waals surface area contributed by atoms with Gasteiger partial charge in [-0.1, -0.05) is 11.6 Å². The first-order valence-corrected chi connectivity index (χ1v) is 5.38. The summed E-state index contributed by atoms with van der Waals surface area (Å²) in [6, 6.07) is -0.844. The van der Waals surface area contributed by atoms with E-state index in [1.165, 1.54) is 6.33 Å². The van der Waals surface area contributed by atoms with E-state index in [-0.39, 0.29) is 10.8 Å². The predicted molar refractivity (Wildman–Crippen MR) is 64.8 cm³/mol. The molecule has 0 aliphatic rings. The lowest BCUT2D eigenvalue weighted by molar-refractivity contribution is -0.138. The van der Waals surface area contributed by atoms with Crippen molar-refractivity contribution in [3.63, 3.8) is 0 Å². The van der Waals surface area contributed by atoms with Crippen LogP contribution < -0.4 is 16.8 Å². The number of aliphatic carboxylic acids is 1. The molecule has 6 N–H and O–H groups in total. The lowest BCUT2D eigenvalue weighted by atomic mass is 10.2. The fraction of sp³-hybridized carbons (Fsp3) is 0.444. The maximum atomic E-state index is 10.5. The molecule has 0 radical (unpaired) electrons. The molecule has 0 spiro atoms. The lowest BCUT2D eigenvalue weighted by Crippen LogP contribution is -2.30. The number of hydrogen-bond donors (Lipinski definition) is 4. The number of nitrogens with one attached hydrogen (secondary N) is 1. The van der Waals surface area contributed by atoms with Crippen molar-refractivity contribution >= 4 is 29.1 Å². The molecule has 0 saturated heterocycles. The Bertz CT molecular complexity index is 401. The molecule has 1 aromatic rings. The van der Waals surface area contributed by atoms with E-state index < -0.39 is 12.0 Å². The average Bonchev–Trinajstić information content (AvgIpc) is 2.29. The molecule has 0 aromatic carbocycles. The molecule has 0 bridgehead atoms. The minimum atomic E-state index is -1.01. The predicted octanol–water partition coefficient (Wildman–Crippen LogP) is 0.316. The van der Waals surface area contributed by atoms with Gasteiger partial charge in [0.2, 0.25) is 0 Å². The largest absolute Gasteiger partial charge is 0.480 e. The first-order valence-electron chi connectivity index (χ1n) is 5.00. The van der Waals surface area contributed by atoms with Crippen LogP contribution in [0, 0.1) is 0 Å². The molecule has 1 atom stereocenters. The fourth-order valence-corrected chi connectivity index (χ4v) is 1.30. The van der Waals surface area contributed by atoms with Gasteiger partial charge in [-0.25, -0.2) is 9.97 Å².